The zero-order valence-corrected chi connectivity index (χ0v) is 10.0. The first-order valence-electron chi connectivity index (χ1n) is 4.48. The molecule has 0 saturated heterocycles. The average Bonchev–Trinajstić information content (AvgIpc) is 2.14. The largest absolute Gasteiger partial charge is 0.303 e. The molecule has 2 nitrogen and oxygen atoms in total. The second kappa shape index (κ2) is 3.02. The summed E-state index contributed by atoms with van der Waals surface area (Å²) in [7, 11) is 4.00. The minimum atomic E-state index is 0.111. The standard InChI is InChI=1S/C10H18ClN2/c1-7-8(10(2,3)4)9(11)13(6)12(7)5/h1-6H3/q+1. The molecule has 0 aliphatic rings. The van der Waals surface area contributed by atoms with Crippen LogP contribution in [-0.4, -0.2) is 4.68 Å². The monoisotopic (exact) mass is 201 g/mol. The lowest BCUT2D eigenvalue weighted by Gasteiger charge is -2.15. The van der Waals surface area contributed by atoms with Crippen LogP contribution in [0.2, 0.25) is 5.15 Å². The predicted octanol–water partition coefficient (Wildman–Crippen LogP) is 2.11. The van der Waals surface area contributed by atoms with Crippen LogP contribution in [0.3, 0.4) is 0 Å². The van der Waals surface area contributed by atoms with Gasteiger partial charge in [0.2, 0.25) is 0 Å². The Morgan fingerprint density at radius 2 is 1.77 bits per heavy atom. The van der Waals surface area contributed by atoms with Gasteiger partial charge in [-0.2, -0.15) is 4.68 Å². The van der Waals surface area contributed by atoms with Crippen LogP contribution in [-0.2, 0) is 19.5 Å². The van der Waals surface area contributed by atoms with E-state index >= 15 is 0 Å². The first-order valence-corrected chi connectivity index (χ1v) is 4.86. The highest BCUT2D eigenvalue weighted by Gasteiger charge is 2.30. The van der Waals surface area contributed by atoms with E-state index in [9.17, 15) is 0 Å². The van der Waals surface area contributed by atoms with Crippen LogP contribution in [0.5, 0.6) is 0 Å². The molecular weight excluding hydrogens is 184 g/mol. The van der Waals surface area contributed by atoms with E-state index in [1.807, 2.05) is 18.8 Å². The fourth-order valence-electron chi connectivity index (χ4n) is 1.68. The molecule has 0 aliphatic heterocycles. The van der Waals surface area contributed by atoms with Gasteiger partial charge < -0.3 is 0 Å². The summed E-state index contributed by atoms with van der Waals surface area (Å²) in [6.45, 7) is 8.65. The summed E-state index contributed by atoms with van der Waals surface area (Å²) in [5.41, 5.74) is 2.58. The van der Waals surface area contributed by atoms with Crippen molar-refractivity contribution in [3.05, 3.63) is 16.4 Å². The van der Waals surface area contributed by atoms with Gasteiger partial charge in [0, 0.05) is 0 Å². The molecule has 0 atom stereocenters. The number of aromatic nitrogens is 2. The third kappa shape index (κ3) is 1.60. The van der Waals surface area contributed by atoms with E-state index < -0.39 is 0 Å². The summed E-state index contributed by atoms with van der Waals surface area (Å²) in [6, 6.07) is 0. The second-order valence-electron chi connectivity index (χ2n) is 4.55. The van der Waals surface area contributed by atoms with Crippen molar-refractivity contribution in [1.29, 1.82) is 0 Å². The van der Waals surface area contributed by atoms with E-state index in [0.29, 0.717) is 0 Å². The lowest BCUT2D eigenvalue weighted by molar-refractivity contribution is -0.749. The van der Waals surface area contributed by atoms with Crippen molar-refractivity contribution in [3.63, 3.8) is 0 Å². The Labute approximate surface area is 85.1 Å². The van der Waals surface area contributed by atoms with E-state index in [2.05, 4.69) is 32.4 Å². The maximum atomic E-state index is 6.25. The lowest BCUT2D eigenvalue weighted by Crippen LogP contribution is -2.38. The molecule has 0 radical (unpaired) electrons. The van der Waals surface area contributed by atoms with Gasteiger partial charge in [0.25, 0.3) is 0 Å². The van der Waals surface area contributed by atoms with Crippen LogP contribution in [0.4, 0.5) is 0 Å². The van der Waals surface area contributed by atoms with Crippen molar-refractivity contribution < 1.29 is 4.68 Å². The van der Waals surface area contributed by atoms with Gasteiger partial charge in [0.15, 0.2) is 7.05 Å². The zero-order valence-electron chi connectivity index (χ0n) is 9.27. The minimum absolute atomic E-state index is 0.111. The summed E-state index contributed by atoms with van der Waals surface area (Å²) in [5, 5.41) is 0.840. The molecule has 0 aromatic carbocycles. The summed E-state index contributed by atoms with van der Waals surface area (Å²) >= 11 is 6.25. The first-order chi connectivity index (χ1) is 5.76. The Balaban J connectivity index is 3.47. The fourth-order valence-corrected chi connectivity index (χ4v) is 2.22. The third-order valence-electron chi connectivity index (χ3n) is 2.54. The molecule has 1 aromatic rings. The Morgan fingerprint density at radius 1 is 1.31 bits per heavy atom. The fraction of sp³-hybridized carbons (Fsp3) is 0.700. The molecule has 0 spiro atoms. The lowest BCUT2D eigenvalue weighted by atomic mass is 9.87. The highest BCUT2D eigenvalue weighted by molar-refractivity contribution is 6.29. The quantitative estimate of drug-likeness (QED) is 0.569. The molecule has 0 bridgehead atoms. The number of hydrogen-bond acceptors (Lipinski definition) is 0. The summed E-state index contributed by atoms with van der Waals surface area (Å²) < 4.78 is 4.04. The van der Waals surface area contributed by atoms with Gasteiger partial charge in [-0.1, -0.05) is 25.5 Å². The molecule has 0 amide bonds. The molecular formula is C10H18ClN2+. The molecule has 0 fully saturated rings. The maximum absolute atomic E-state index is 6.25. The van der Waals surface area contributed by atoms with Crippen molar-refractivity contribution in [2.75, 3.05) is 0 Å². The molecule has 74 valence electrons. The topological polar surface area (TPSA) is 8.81 Å². The molecule has 0 aliphatic carbocycles. The molecule has 0 saturated carbocycles. The van der Waals surface area contributed by atoms with Gasteiger partial charge >= 0.3 is 5.15 Å². The van der Waals surface area contributed by atoms with Crippen LogP contribution in [0.25, 0.3) is 0 Å². The Kier molecular flexibility index (Phi) is 2.46. The van der Waals surface area contributed by atoms with E-state index in [4.69, 9.17) is 11.6 Å². The smallest absolute Gasteiger partial charge is 0.160 e. The van der Waals surface area contributed by atoms with Gasteiger partial charge in [-0.15, -0.1) is 0 Å². The third-order valence-corrected chi connectivity index (χ3v) is 2.97. The van der Waals surface area contributed by atoms with Gasteiger partial charge in [0.05, 0.1) is 18.3 Å². The molecule has 13 heavy (non-hydrogen) atoms. The highest BCUT2D eigenvalue weighted by Crippen LogP contribution is 2.30. The minimum Gasteiger partial charge on any atom is -0.160 e. The number of nitrogens with zero attached hydrogens (tertiary/aromatic N) is 2. The number of hydrogen-bond donors (Lipinski definition) is 0. The van der Waals surface area contributed by atoms with Gasteiger partial charge in [-0.05, 0) is 23.9 Å². The molecule has 1 heterocycles. The van der Waals surface area contributed by atoms with Crippen LogP contribution in [0.15, 0.2) is 0 Å². The van der Waals surface area contributed by atoms with Gasteiger partial charge in [-0.25, -0.2) is 0 Å². The highest BCUT2D eigenvalue weighted by atomic mass is 35.5. The second-order valence-corrected chi connectivity index (χ2v) is 4.91. The van der Waals surface area contributed by atoms with Crippen LogP contribution < -0.4 is 4.68 Å². The first kappa shape index (κ1) is 10.6. The average molecular weight is 202 g/mol. The Morgan fingerprint density at radius 3 is 1.92 bits per heavy atom. The van der Waals surface area contributed by atoms with E-state index in [1.165, 1.54) is 11.3 Å². The summed E-state index contributed by atoms with van der Waals surface area (Å²) in [6.07, 6.45) is 0. The van der Waals surface area contributed by atoms with Gasteiger partial charge in [0.1, 0.15) is 0 Å². The Bertz CT molecular complexity index is 306. The van der Waals surface area contributed by atoms with Crippen LogP contribution >= 0.6 is 11.6 Å². The van der Waals surface area contributed by atoms with Crippen molar-refractivity contribution in [2.45, 2.75) is 33.1 Å². The van der Waals surface area contributed by atoms with Crippen molar-refractivity contribution in [2.24, 2.45) is 14.1 Å². The Hall–Kier alpha value is -0.500. The predicted molar refractivity (Wildman–Crippen MR) is 55.0 cm³/mol. The maximum Gasteiger partial charge on any atom is 0.303 e. The van der Waals surface area contributed by atoms with Crippen molar-refractivity contribution >= 4 is 11.6 Å². The van der Waals surface area contributed by atoms with Gasteiger partial charge in [-0.3, -0.25) is 0 Å². The van der Waals surface area contributed by atoms with E-state index in [-0.39, 0.29) is 5.41 Å². The SMILES string of the molecule is Cc1c(C(C)(C)C)c(Cl)[n+](C)n1C. The van der Waals surface area contributed by atoms with E-state index in [1.54, 1.807) is 0 Å². The van der Waals surface area contributed by atoms with Crippen LogP contribution in [0.1, 0.15) is 32.0 Å². The zero-order chi connectivity index (χ0) is 10.4. The summed E-state index contributed by atoms with van der Waals surface area (Å²) in [4.78, 5) is 0. The molecule has 1 rings (SSSR count). The van der Waals surface area contributed by atoms with Crippen molar-refractivity contribution in [3.8, 4) is 0 Å². The molecule has 0 N–H and O–H groups in total. The number of rotatable bonds is 0. The molecule has 3 heteroatoms. The van der Waals surface area contributed by atoms with Crippen molar-refractivity contribution in [1.82, 2.24) is 4.68 Å². The summed E-state index contributed by atoms with van der Waals surface area (Å²) in [5.74, 6) is 0. The van der Waals surface area contributed by atoms with Crippen LogP contribution in [0, 0.1) is 6.92 Å². The molecule has 0 unspecified atom stereocenters. The normalized spacial score (nSPS) is 12.2. The number of halogens is 1. The molecule has 1 aromatic heterocycles. The van der Waals surface area contributed by atoms with E-state index in [0.717, 1.165) is 5.15 Å².